The molecule has 1 amide bonds. The van der Waals surface area contributed by atoms with Crippen molar-refractivity contribution in [1.29, 1.82) is 0 Å². The molecule has 1 atom stereocenters. The normalized spacial score (nSPS) is 13.9. The van der Waals surface area contributed by atoms with Crippen LogP contribution in [-0.4, -0.2) is 23.5 Å². The molecule has 1 heterocycles. The van der Waals surface area contributed by atoms with Gasteiger partial charge in [0.2, 0.25) is 0 Å². The monoisotopic (exact) mass is 291 g/mol. The standard InChI is InChI=1S/C15H17NO3S/c1-3-15(2,14(18)19)9-16-13(17)11-8-20-12-7-5-4-6-10(11)12/h4-8H,3,9H2,1-2H3,(H,16,17)(H,18,19). The summed E-state index contributed by atoms with van der Waals surface area (Å²) >= 11 is 1.51. The van der Waals surface area contributed by atoms with Gasteiger partial charge in [-0.1, -0.05) is 25.1 Å². The van der Waals surface area contributed by atoms with E-state index in [-0.39, 0.29) is 12.5 Å². The summed E-state index contributed by atoms with van der Waals surface area (Å²) in [6.45, 7) is 3.57. The molecule has 0 saturated heterocycles. The first kappa shape index (κ1) is 14.5. The first-order valence-electron chi connectivity index (χ1n) is 6.46. The number of hydrogen-bond acceptors (Lipinski definition) is 3. The third-order valence-electron chi connectivity index (χ3n) is 3.66. The fourth-order valence-corrected chi connectivity index (χ4v) is 2.82. The van der Waals surface area contributed by atoms with Gasteiger partial charge in [0.15, 0.2) is 0 Å². The van der Waals surface area contributed by atoms with E-state index in [4.69, 9.17) is 0 Å². The van der Waals surface area contributed by atoms with Crippen molar-refractivity contribution in [2.24, 2.45) is 5.41 Å². The molecular formula is C15H17NO3S. The minimum atomic E-state index is -0.929. The minimum absolute atomic E-state index is 0.127. The summed E-state index contributed by atoms with van der Waals surface area (Å²) in [5.74, 6) is -1.11. The molecule has 4 nitrogen and oxygen atoms in total. The van der Waals surface area contributed by atoms with Gasteiger partial charge in [0.05, 0.1) is 11.0 Å². The van der Waals surface area contributed by atoms with Crippen LogP contribution in [0.25, 0.3) is 10.1 Å². The Morgan fingerprint density at radius 2 is 2.05 bits per heavy atom. The molecule has 1 aromatic carbocycles. The summed E-state index contributed by atoms with van der Waals surface area (Å²) < 4.78 is 1.05. The lowest BCUT2D eigenvalue weighted by Gasteiger charge is -2.23. The third kappa shape index (κ3) is 2.67. The number of hydrogen-bond donors (Lipinski definition) is 2. The van der Waals surface area contributed by atoms with Gasteiger partial charge in [0.1, 0.15) is 0 Å². The number of rotatable bonds is 5. The number of nitrogens with one attached hydrogen (secondary N) is 1. The molecular weight excluding hydrogens is 274 g/mol. The number of carbonyl (C=O) groups excluding carboxylic acids is 1. The van der Waals surface area contributed by atoms with E-state index in [1.54, 1.807) is 13.8 Å². The van der Waals surface area contributed by atoms with Crippen molar-refractivity contribution in [3.05, 3.63) is 35.2 Å². The van der Waals surface area contributed by atoms with Crippen molar-refractivity contribution < 1.29 is 14.7 Å². The van der Waals surface area contributed by atoms with Gasteiger partial charge in [-0.15, -0.1) is 11.3 Å². The Bertz CT molecular complexity index is 649. The number of carboxylic acid groups (broad SMARTS) is 1. The molecule has 106 valence electrons. The summed E-state index contributed by atoms with van der Waals surface area (Å²) in [6, 6.07) is 7.68. The van der Waals surface area contributed by atoms with Crippen LogP contribution in [-0.2, 0) is 4.79 Å². The summed E-state index contributed by atoms with van der Waals surface area (Å²) in [5, 5.41) is 14.7. The Kier molecular flexibility index (Phi) is 4.09. The van der Waals surface area contributed by atoms with Gasteiger partial charge < -0.3 is 10.4 Å². The second-order valence-corrected chi connectivity index (χ2v) is 5.96. The summed E-state index contributed by atoms with van der Waals surface area (Å²) in [4.78, 5) is 23.4. The molecule has 0 bridgehead atoms. The largest absolute Gasteiger partial charge is 0.481 e. The second-order valence-electron chi connectivity index (χ2n) is 5.05. The van der Waals surface area contributed by atoms with Crippen LogP contribution in [0.15, 0.2) is 29.6 Å². The van der Waals surface area contributed by atoms with Crippen molar-refractivity contribution in [1.82, 2.24) is 5.32 Å². The van der Waals surface area contributed by atoms with Gasteiger partial charge in [-0.2, -0.15) is 0 Å². The molecule has 0 spiro atoms. The average Bonchev–Trinajstić information content (AvgIpc) is 2.88. The van der Waals surface area contributed by atoms with Gasteiger partial charge in [0, 0.05) is 22.0 Å². The summed E-state index contributed by atoms with van der Waals surface area (Å²) in [6.07, 6.45) is 0.465. The Hall–Kier alpha value is -1.88. The van der Waals surface area contributed by atoms with Crippen LogP contribution < -0.4 is 5.32 Å². The molecule has 2 N–H and O–H groups in total. The zero-order valence-corrected chi connectivity index (χ0v) is 12.3. The molecule has 0 radical (unpaired) electrons. The molecule has 20 heavy (non-hydrogen) atoms. The highest BCUT2D eigenvalue weighted by Crippen LogP contribution is 2.26. The Labute approximate surface area is 121 Å². The lowest BCUT2D eigenvalue weighted by Crippen LogP contribution is -2.40. The maximum absolute atomic E-state index is 12.2. The number of amides is 1. The van der Waals surface area contributed by atoms with E-state index in [1.807, 2.05) is 29.6 Å². The Morgan fingerprint density at radius 3 is 2.70 bits per heavy atom. The predicted octanol–water partition coefficient (Wildman–Crippen LogP) is 3.13. The minimum Gasteiger partial charge on any atom is -0.481 e. The fraction of sp³-hybridized carbons (Fsp3) is 0.333. The Morgan fingerprint density at radius 1 is 1.35 bits per heavy atom. The number of benzene rings is 1. The van der Waals surface area contributed by atoms with E-state index in [0.29, 0.717) is 12.0 Å². The highest BCUT2D eigenvalue weighted by Gasteiger charge is 2.31. The number of thiophene rings is 1. The smallest absolute Gasteiger partial charge is 0.311 e. The van der Waals surface area contributed by atoms with E-state index in [0.717, 1.165) is 10.1 Å². The molecule has 0 fully saturated rings. The first-order chi connectivity index (χ1) is 9.48. The van der Waals surface area contributed by atoms with E-state index in [1.165, 1.54) is 11.3 Å². The molecule has 1 aromatic heterocycles. The van der Waals surface area contributed by atoms with Crippen LogP contribution in [0.2, 0.25) is 0 Å². The lowest BCUT2D eigenvalue weighted by molar-refractivity contribution is -0.147. The van der Waals surface area contributed by atoms with Gasteiger partial charge in [0.25, 0.3) is 5.91 Å². The maximum atomic E-state index is 12.2. The maximum Gasteiger partial charge on any atom is 0.311 e. The molecule has 0 aliphatic rings. The molecule has 5 heteroatoms. The van der Waals surface area contributed by atoms with E-state index < -0.39 is 11.4 Å². The van der Waals surface area contributed by atoms with Crippen LogP contribution in [0.5, 0.6) is 0 Å². The molecule has 0 saturated carbocycles. The molecule has 1 unspecified atom stereocenters. The first-order valence-corrected chi connectivity index (χ1v) is 7.34. The van der Waals surface area contributed by atoms with E-state index in [2.05, 4.69) is 5.32 Å². The number of aliphatic carboxylic acids is 1. The van der Waals surface area contributed by atoms with Crippen LogP contribution in [0.4, 0.5) is 0 Å². The highest BCUT2D eigenvalue weighted by atomic mass is 32.1. The molecule has 0 aliphatic carbocycles. The topological polar surface area (TPSA) is 66.4 Å². The summed E-state index contributed by atoms with van der Waals surface area (Å²) in [5.41, 5.74) is -0.323. The van der Waals surface area contributed by atoms with Crippen LogP contribution in [0.3, 0.4) is 0 Å². The summed E-state index contributed by atoms with van der Waals surface area (Å²) in [7, 11) is 0. The number of fused-ring (bicyclic) bond motifs is 1. The molecule has 2 aromatic rings. The highest BCUT2D eigenvalue weighted by molar-refractivity contribution is 7.17. The molecule has 0 aliphatic heterocycles. The van der Waals surface area contributed by atoms with Crippen LogP contribution in [0, 0.1) is 5.41 Å². The van der Waals surface area contributed by atoms with Gasteiger partial charge in [-0.3, -0.25) is 9.59 Å². The number of carbonyl (C=O) groups is 2. The number of carboxylic acids is 1. The van der Waals surface area contributed by atoms with E-state index in [9.17, 15) is 14.7 Å². The third-order valence-corrected chi connectivity index (χ3v) is 4.62. The van der Waals surface area contributed by atoms with Crippen molar-refractivity contribution in [2.75, 3.05) is 6.54 Å². The zero-order chi connectivity index (χ0) is 14.8. The van der Waals surface area contributed by atoms with Gasteiger partial charge in [-0.05, 0) is 19.4 Å². The average molecular weight is 291 g/mol. The quantitative estimate of drug-likeness (QED) is 0.889. The SMILES string of the molecule is CCC(C)(CNC(=O)c1csc2ccccc12)C(=O)O. The van der Waals surface area contributed by atoms with Gasteiger partial charge >= 0.3 is 5.97 Å². The van der Waals surface area contributed by atoms with Crippen molar-refractivity contribution >= 4 is 33.3 Å². The van der Waals surface area contributed by atoms with Crippen molar-refractivity contribution in [3.8, 4) is 0 Å². The van der Waals surface area contributed by atoms with Crippen LogP contribution >= 0.6 is 11.3 Å². The van der Waals surface area contributed by atoms with Crippen LogP contribution in [0.1, 0.15) is 30.6 Å². The molecule has 2 rings (SSSR count). The van der Waals surface area contributed by atoms with Gasteiger partial charge in [-0.25, -0.2) is 0 Å². The lowest BCUT2D eigenvalue weighted by atomic mass is 9.87. The second kappa shape index (κ2) is 5.63. The fourth-order valence-electron chi connectivity index (χ4n) is 1.88. The Balaban J connectivity index is 2.15. The van der Waals surface area contributed by atoms with E-state index >= 15 is 0 Å². The van der Waals surface area contributed by atoms with Crippen molar-refractivity contribution in [2.45, 2.75) is 20.3 Å². The predicted molar refractivity (Wildman–Crippen MR) is 80.2 cm³/mol. The zero-order valence-electron chi connectivity index (χ0n) is 11.5. The van der Waals surface area contributed by atoms with Crippen molar-refractivity contribution in [3.63, 3.8) is 0 Å².